The highest BCUT2D eigenvalue weighted by Crippen LogP contribution is 2.31. The highest BCUT2D eigenvalue weighted by molar-refractivity contribution is 5.49. The molecular formula is C19H23N. The first kappa shape index (κ1) is 13.2. The molecule has 1 aliphatic carbocycles. The third kappa shape index (κ3) is 2.87. The van der Waals surface area contributed by atoms with E-state index in [-0.39, 0.29) is 0 Å². The number of anilines is 1. The van der Waals surface area contributed by atoms with Crippen LogP contribution in [0.15, 0.2) is 42.5 Å². The summed E-state index contributed by atoms with van der Waals surface area (Å²) in [5.41, 5.74) is 7.01. The molecule has 2 aromatic carbocycles. The van der Waals surface area contributed by atoms with Crippen molar-refractivity contribution >= 4 is 5.69 Å². The Hall–Kier alpha value is -1.76. The minimum absolute atomic E-state index is 0.653. The molecule has 2 aromatic rings. The Labute approximate surface area is 122 Å². The van der Waals surface area contributed by atoms with Gasteiger partial charge in [0.1, 0.15) is 0 Å². The van der Waals surface area contributed by atoms with Gasteiger partial charge in [-0.2, -0.15) is 0 Å². The number of hydrogen-bond acceptors (Lipinski definition) is 1. The lowest BCUT2D eigenvalue weighted by Gasteiger charge is -2.26. The van der Waals surface area contributed by atoms with Crippen LogP contribution in [0, 0.1) is 13.8 Å². The quantitative estimate of drug-likeness (QED) is 0.837. The Kier molecular flexibility index (Phi) is 3.77. The van der Waals surface area contributed by atoms with Crippen LogP contribution in [-0.4, -0.2) is 6.54 Å². The fourth-order valence-corrected chi connectivity index (χ4v) is 3.38. The predicted octanol–water partition coefficient (Wildman–Crippen LogP) is 4.84. The maximum atomic E-state index is 3.64. The molecule has 1 N–H and O–H groups in total. The zero-order valence-electron chi connectivity index (χ0n) is 12.4. The second-order valence-electron chi connectivity index (χ2n) is 6.05. The van der Waals surface area contributed by atoms with Crippen molar-refractivity contribution in [2.75, 3.05) is 11.9 Å². The van der Waals surface area contributed by atoms with Crippen LogP contribution in [0.3, 0.4) is 0 Å². The van der Waals surface area contributed by atoms with E-state index in [0.29, 0.717) is 5.92 Å². The van der Waals surface area contributed by atoms with Crippen molar-refractivity contribution in [3.8, 4) is 0 Å². The van der Waals surface area contributed by atoms with Gasteiger partial charge in [0.05, 0.1) is 0 Å². The average Bonchev–Trinajstić information content (AvgIpc) is 2.44. The van der Waals surface area contributed by atoms with Crippen molar-refractivity contribution in [2.24, 2.45) is 0 Å². The van der Waals surface area contributed by atoms with Gasteiger partial charge in [-0.3, -0.25) is 0 Å². The normalized spacial score (nSPS) is 17.6. The summed E-state index contributed by atoms with van der Waals surface area (Å²) in [6.45, 7) is 5.36. The summed E-state index contributed by atoms with van der Waals surface area (Å²) in [6, 6.07) is 15.6. The smallest absolute Gasteiger partial charge is 0.0345 e. The van der Waals surface area contributed by atoms with E-state index >= 15 is 0 Å². The molecule has 1 heteroatoms. The molecule has 0 saturated heterocycles. The molecule has 3 rings (SSSR count). The Balaban J connectivity index is 1.73. The van der Waals surface area contributed by atoms with Gasteiger partial charge >= 0.3 is 0 Å². The van der Waals surface area contributed by atoms with Crippen molar-refractivity contribution in [2.45, 2.75) is 39.0 Å². The number of hydrogen-bond donors (Lipinski definition) is 1. The van der Waals surface area contributed by atoms with Gasteiger partial charge < -0.3 is 5.32 Å². The number of nitrogens with one attached hydrogen (secondary N) is 1. The molecule has 0 spiro atoms. The topological polar surface area (TPSA) is 12.0 Å². The highest BCUT2D eigenvalue weighted by Gasteiger charge is 2.19. The fourth-order valence-electron chi connectivity index (χ4n) is 3.38. The van der Waals surface area contributed by atoms with Gasteiger partial charge in [-0.1, -0.05) is 30.3 Å². The van der Waals surface area contributed by atoms with Gasteiger partial charge in [0.25, 0.3) is 0 Å². The van der Waals surface area contributed by atoms with Crippen molar-refractivity contribution in [1.29, 1.82) is 0 Å². The molecule has 0 saturated carbocycles. The first-order valence-corrected chi connectivity index (χ1v) is 7.62. The zero-order chi connectivity index (χ0) is 13.9. The summed E-state index contributed by atoms with van der Waals surface area (Å²) in [6.07, 6.45) is 3.86. The lowest BCUT2D eigenvalue weighted by atomic mass is 9.83. The van der Waals surface area contributed by atoms with E-state index in [9.17, 15) is 0 Å². The summed E-state index contributed by atoms with van der Waals surface area (Å²) in [5, 5.41) is 3.64. The molecule has 0 aliphatic heterocycles. The Morgan fingerprint density at radius 3 is 2.60 bits per heavy atom. The Bertz CT molecular complexity index is 580. The van der Waals surface area contributed by atoms with Crippen LogP contribution in [-0.2, 0) is 6.42 Å². The molecule has 20 heavy (non-hydrogen) atoms. The second kappa shape index (κ2) is 5.70. The SMILES string of the molecule is Cc1cc(C)cc(NCC2CCCc3ccccc32)c1. The monoisotopic (exact) mass is 265 g/mol. The molecule has 0 fully saturated rings. The number of fused-ring (bicyclic) bond motifs is 1. The Morgan fingerprint density at radius 1 is 1.05 bits per heavy atom. The van der Waals surface area contributed by atoms with Crippen LogP contribution in [0.1, 0.15) is 41.0 Å². The van der Waals surface area contributed by atoms with Crippen LogP contribution in [0.5, 0.6) is 0 Å². The molecule has 1 atom stereocenters. The van der Waals surface area contributed by atoms with E-state index in [4.69, 9.17) is 0 Å². The molecule has 1 aliphatic rings. The van der Waals surface area contributed by atoms with Crippen molar-refractivity contribution in [3.05, 3.63) is 64.7 Å². The molecule has 0 aromatic heterocycles. The molecule has 0 bridgehead atoms. The summed E-state index contributed by atoms with van der Waals surface area (Å²) < 4.78 is 0. The van der Waals surface area contributed by atoms with Crippen molar-refractivity contribution in [1.82, 2.24) is 0 Å². The largest absolute Gasteiger partial charge is 0.384 e. The van der Waals surface area contributed by atoms with E-state index in [0.717, 1.165) is 6.54 Å². The van der Waals surface area contributed by atoms with Gasteiger partial charge in [-0.25, -0.2) is 0 Å². The summed E-state index contributed by atoms with van der Waals surface area (Å²) >= 11 is 0. The van der Waals surface area contributed by atoms with Gasteiger partial charge in [0, 0.05) is 18.2 Å². The first-order chi connectivity index (χ1) is 9.72. The number of aryl methyl sites for hydroxylation is 3. The van der Waals surface area contributed by atoms with E-state index in [1.54, 1.807) is 11.1 Å². The van der Waals surface area contributed by atoms with Crippen molar-refractivity contribution < 1.29 is 0 Å². The van der Waals surface area contributed by atoms with E-state index in [1.807, 2.05) is 0 Å². The molecule has 0 radical (unpaired) electrons. The summed E-state index contributed by atoms with van der Waals surface area (Å²) in [5.74, 6) is 0.653. The van der Waals surface area contributed by atoms with Gasteiger partial charge in [0.2, 0.25) is 0 Å². The van der Waals surface area contributed by atoms with Crippen LogP contribution in [0.25, 0.3) is 0 Å². The second-order valence-corrected chi connectivity index (χ2v) is 6.05. The molecule has 0 heterocycles. The van der Waals surface area contributed by atoms with E-state index in [1.165, 1.54) is 36.1 Å². The number of benzene rings is 2. The first-order valence-electron chi connectivity index (χ1n) is 7.62. The van der Waals surface area contributed by atoms with Gasteiger partial charge in [-0.15, -0.1) is 0 Å². The standard InChI is InChI=1S/C19H23N/c1-14-10-15(2)12-18(11-14)20-13-17-8-5-7-16-6-3-4-9-19(16)17/h3-4,6,9-12,17,20H,5,7-8,13H2,1-2H3. The minimum atomic E-state index is 0.653. The van der Waals surface area contributed by atoms with E-state index < -0.39 is 0 Å². The third-order valence-corrected chi connectivity index (χ3v) is 4.27. The lowest BCUT2D eigenvalue weighted by Crippen LogP contribution is -2.18. The Morgan fingerprint density at radius 2 is 1.80 bits per heavy atom. The fraction of sp³-hybridized carbons (Fsp3) is 0.368. The molecule has 1 nitrogen and oxygen atoms in total. The summed E-state index contributed by atoms with van der Waals surface area (Å²) in [7, 11) is 0. The molecule has 1 unspecified atom stereocenters. The summed E-state index contributed by atoms with van der Waals surface area (Å²) in [4.78, 5) is 0. The van der Waals surface area contributed by atoms with Crippen LogP contribution in [0.2, 0.25) is 0 Å². The average molecular weight is 265 g/mol. The molecule has 0 amide bonds. The third-order valence-electron chi connectivity index (χ3n) is 4.27. The van der Waals surface area contributed by atoms with Crippen molar-refractivity contribution in [3.63, 3.8) is 0 Å². The van der Waals surface area contributed by atoms with Gasteiger partial charge in [0.15, 0.2) is 0 Å². The highest BCUT2D eigenvalue weighted by atomic mass is 14.9. The van der Waals surface area contributed by atoms with E-state index in [2.05, 4.69) is 61.6 Å². The van der Waals surface area contributed by atoms with Crippen LogP contribution in [0.4, 0.5) is 5.69 Å². The molecular weight excluding hydrogens is 242 g/mol. The lowest BCUT2D eigenvalue weighted by molar-refractivity contribution is 0.572. The van der Waals surface area contributed by atoms with Crippen LogP contribution >= 0.6 is 0 Å². The predicted molar refractivity (Wildman–Crippen MR) is 86.5 cm³/mol. The number of rotatable bonds is 3. The maximum Gasteiger partial charge on any atom is 0.0345 e. The molecule has 104 valence electrons. The maximum absolute atomic E-state index is 3.64. The van der Waals surface area contributed by atoms with Crippen LogP contribution < -0.4 is 5.32 Å². The zero-order valence-corrected chi connectivity index (χ0v) is 12.4. The van der Waals surface area contributed by atoms with Gasteiger partial charge in [-0.05, 0) is 67.5 Å². The minimum Gasteiger partial charge on any atom is -0.384 e.